The Bertz CT molecular complexity index is 265. The zero-order valence-corrected chi connectivity index (χ0v) is 8.16. The number of hydrogen-bond acceptors (Lipinski definition) is 4. The first-order valence-electron chi connectivity index (χ1n) is 3.77. The average molecular weight is 184 g/mol. The maximum Gasteiger partial charge on any atom is 0.122 e. The van der Waals surface area contributed by atoms with Gasteiger partial charge in [-0.15, -0.1) is 0 Å². The summed E-state index contributed by atoms with van der Waals surface area (Å²) in [7, 11) is 1.60. The lowest BCUT2D eigenvalue weighted by Crippen LogP contribution is -2.17. The van der Waals surface area contributed by atoms with Crippen molar-refractivity contribution in [3.05, 3.63) is 23.1 Å². The van der Waals surface area contributed by atoms with Crippen molar-refractivity contribution in [2.24, 2.45) is 22.4 Å². The molecule has 0 fully saturated rings. The molecule has 0 aliphatic carbocycles. The Morgan fingerprint density at radius 1 is 1.31 bits per heavy atom. The molecule has 0 heterocycles. The lowest BCUT2D eigenvalue weighted by Gasteiger charge is -2.03. The van der Waals surface area contributed by atoms with Crippen molar-refractivity contribution in [1.29, 1.82) is 0 Å². The third-order valence-corrected chi connectivity index (χ3v) is 1.60. The second-order valence-corrected chi connectivity index (χ2v) is 2.56. The predicted molar refractivity (Wildman–Crippen MR) is 53.5 cm³/mol. The van der Waals surface area contributed by atoms with Gasteiger partial charge in [0.25, 0.3) is 0 Å². The average Bonchev–Trinajstić information content (AvgIpc) is 2.14. The molecule has 6 N–H and O–H groups in total. The molecule has 0 unspecified atom stereocenters. The van der Waals surface area contributed by atoms with Crippen molar-refractivity contribution in [2.75, 3.05) is 7.05 Å². The molecule has 74 valence electrons. The highest BCUT2D eigenvalue weighted by Gasteiger charge is 1.99. The number of rotatable bonds is 3. The summed E-state index contributed by atoms with van der Waals surface area (Å²) in [6, 6.07) is 0. The van der Waals surface area contributed by atoms with E-state index in [0.717, 1.165) is 0 Å². The Kier molecular flexibility index (Phi) is 4.61. The highest BCUT2D eigenvalue weighted by molar-refractivity contribution is 5.97. The summed E-state index contributed by atoms with van der Waals surface area (Å²) >= 11 is 0. The van der Waals surface area contributed by atoms with Gasteiger partial charge in [0.2, 0.25) is 0 Å². The molecule has 0 aromatic rings. The summed E-state index contributed by atoms with van der Waals surface area (Å²) in [5.41, 5.74) is 12.4. The second-order valence-electron chi connectivity index (χ2n) is 2.56. The summed E-state index contributed by atoms with van der Waals surface area (Å²) in [4.78, 5) is 8.25. The van der Waals surface area contributed by atoms with Gasteiger partial charge in [-0.25, -0.2) is 0 Å². The topological polar surface area (TPSA) is 99.6 Å². The first kappa shape index (κ1) is 11.5. The van der Waals surface area contributed by atoms with Gasteiger partial charge < -0.3 is 16.3 Å². The fraction of sp³-hybridized carbons (Fsp3) is 0.375. The smallest absolute Gasteiger partial charge is 0.122 e. The van der Waals surface area contributed by atoms with Crippen LogP contribution in [0.1, 0.15) is 13.8 Å². The van der Waals surface area contributed by atoms with Crippen LogP contribution in [0.3, 0.4) is 0 Å². The Morgan fingerprint density at radius 2 is 1.85 bits per heavy atom. The molecule has 0 amide bonds. The van der Waals surface area contributed by atoms with Crippen LogP contribution in [-0.4, -0.2) is 12.9 Å². The van der Waals surface area contributed by atoms with Crippen LogP contribution < -0.4 is 17.4 Å². The molecule has 0 saturated carbocycles. The molecule has 0 saturated heterocycles. The number of allylic oxidation sites excluding steroid dienone is 2. The lowest BCUT2D eigenvalue weighted by atomic mass is 10.2. The minimum atomic E-state index is 0.401. The van der Waals surface area contributed by atoms with Gasteiger partial charge in [0, 0.05) is 24.4 Å². The van der Waals surface area contributed by atoms with Crippen LogP contribution in [0, 0.1) is 0 Å². The first-order chi connectivity index (χ1) is 6.02. The van der Waals surface area contributed by atoms with Crippen LogP contribution in [0.5, 0.6) is 0 Å². The standard InChI is InChI=1S/C8H16N4O/c1-5(13-11)4-7(9)6(2)8(10)12-3/h4H,9,11H2,1-3H3,(H2,10,12)/b5-4+,7-6-. The fourth-order valence-electron chi connectivity index (χ4n) is 0.677. The molecule has 13 heavy (non-hydrogen) atoms. The quantitative estimate of drug-likeness (QED) is 0.189. The minimum Gasteiger partial charge on any atom is -0.416 e. The van der Waals surface area contributed by atoms with Crippen molar-refractivity contribution in [2.45, 2.75) is 13.8 Å². The highest BCUT2D eigenvalue weighted by Crippen LogP contribution is 2.03. The Balaban J connectivity index is 4.83. The Hall–Kier alpha value is -1.49. The van der Waals surface area contributed by atoms with Crippen molar-refractivity contribution in [1.82, 2.24) is 0 Å². The van der Waals surface area contributed by atoms with Crippen molar-refractivity contribution < 1.29 is 4.84 Å². The van der Waals surface area contributed by atoms with E-state index in [4.69, 9.17) is 17.4 Å². The van der Waals surface area contributed by atoms with Crippen molar-refractivity contribution in [3.8, 4) is 0 Å². The number of amidine groups is 1. The third kappa shape index (κ3) is 3.62. The first-order valence-corrected chi connectivity index (χ1v) is 3.77. The predicted octanol–water partition coefficient (Wildman–Crippen LogP) is 0.000200. The normalized spacial score (nSPS) is 15.4. The fourth-order valence-corrected chi connectivity index (χ4v) is 0.677. The van der Waals surface area contributed by atoms with E-state index in [2.05, 4.69) is 9.83 Å². The van der Waals surface area contributed by atoms with E-state index in [-0.39, 0.29) is 0 Å². The van der Waals surface area contributed by atoms with E-state index in [1.54, 1.807) is 27.0 Å². The van der Waals surface area contributed by atoms with E-state index >= 15 is 0 Å². The number of aliphatic imine (C=N–C) groups is 1. The van der Waals surface area contributed by atoms with Gasteiger partial charge in [-0.1, -0.05) is 0 Å². The van der Waals surface area contributed by atoms with E-state index in [0.29, 0.717) is 22.9 Å². The van der Waals surface area contributed by atoms with Gasteiger partial charge in [0.1, 0.15) is 11.6 Å². The minimum absolute atomic E-state index is 0.401. The second kappa shape index (κ2) is 5.21. The van der Waals surface area contributed by atoms with Crippen molar-refractivity contribution >= 4 is 5.84 Å². The summed E-state index contributed by atoms with van der Waals surface area (Å²) in [6.07, 6.45) is 1.59. The molecule has 0 aromatic carbocycles. The SMILES string of the molecule is C\N=C(N)/C(C)=C(N)/C=C(\C)ON. The zero-order chi connectivity index (χ0) is 10.4. The summed E-state index contributed by atoms with van der Waals surface area (Å²) < 4.78 is 0. The molecule has 5 heteroatoms. The van der Waals surface area contributed by atoms with Gasteiger partial charge >= 0.3 is 0 Å². The Morgan fingerprint density at radius 3 is 2.23 bits per heavy atom. The van der Waals surface area contributed by atoms with Crippen LogP contribution in [0.4, 0.5) is 0 Å². The monoisotopic (exact) mass is 184 g/mol. The van der Waals surface area contributed by atoms with Crippen LogP contribution >= 0.6 is 0 Å². The Labute approximate surface area is 77.9 Å². The van der Waals surface area contributed by atoms with Gasteiger partial charge in [-0.2, -0.15) is 5.90 Å². The highest BCUT2D eigenvalue weighted by atomic mass is 16.6. The van der Waals surface area contributed by atoms with Gasteiger partial charge in [-0.3, -0.25) is 4.99 Å². The molecule has 0 atom stereocenters. The molecule has 0 radical (unpaired) electrons. The van der Waals surface area contributed by atoms with Gasteiger partial charge in [0.05, 0.1) is 0 Å². The van der Waals surface area contributed by atoms with Gasteiger partial charge in [0.15, 0.2) is 0 Å². The summed E-state index contributed by atoms with van der Waals surface area (Å²) in [6.45, 7) is 3.47. The summed E-state index contributed by atoms with van der Waals surface area (Å²) in [5, 5.41) is 0. The number of hydrogen-bond donors (Lipinski definition) is 3. The van der Waals surface area contributed by atoms with Crippen LogP contribution in [0.25, 0.3) is 0 Å². The van der Waals surface area contributed by atoms with Crippen molar-refractivity contribution in [3.63, 3.8) is 0 Å². The maximum absolute atomic E-state index is 5.68. The molecule has 0 spiro atoms. The number of nitrogens with two attached hydrogens (primary N) is 3. The lowest BCUT2D eigenvalue weighted by molar-refractivity contribution is 0.222. The van der Waals surface area contributed by atoms with Crippen LogP contribution in [0.15, 0.2) is 28.1 Å². The van der Waals surface area contributed by atoms with E-state index in [9.17, 15) is 0 Å². The summed E-state index contributed by atoms with van der Waals surface area (Å²) in [5.74, 6) is 5.84. The largest absolute Gasteiger partial charge is 0.416 e. The molecule has 0 bridgehead atoms. The zero-order valence-electron chi connectivity index (χ0n) is 8.16. The van der Waals surface area contributed by atoms with Crippen LogP contribution in [-0.2, 0) is 4.84 Å². The third-order valence-electron chi connectivity index (χ3n) is 1.60. The maximum atomic E-state index is 5.68. The molecule has 0 aliphatic rings. The van der Waals surface area contributed by atoms with E-state index < -0.39 is 0 Å². The molecule has 0 rings (SSSR count). The van der Waals surface area contributed by atoms with E-state index in [1.807, 2.05) is 0 Å². The molecular weight excluding hydrogens is 168 g/mol. The van der Waals surface area contributed by atoms with E-state index in [1.165, 1.54) is 0 Å². The number of nitrogens with zero attached hydrogens (tertiary/aromatic N) is 1. The van der Waals surface area contributed by atoms with Gasteiger partial charge in [-0.05, 0) is 13.8 Å². The molecular formula is C8H16N4O. The molecule has 0 aliphatic heterocycles. The molecule has 5 nitrogen and oxygen atoms in total. The molecule has 0 aromatic heterocycles. The van der Waals surface area contributed by atoms with Crippen LogP contribution in [0.2, 0.25) is 0 Å².